The highest BCUT2D eigenvalue weighted by Gasteiger charge is 2.17. The number of pyridine rings is 2. The molecule has 0 aliphatic rings. The smallest absolute Gasteiger partial charge is 0.164 e. The summed E-state index contributed by atoms with van der Waals surface area (Å²) >= 11 is 0. The molecule has 51 heavy (non-hydrogen) atoms. The molecule has 0 saturated carbocycles. The summed E-state index contributed by atoms with van der Waals surface area (Å²) in [6.07, 6.45) is 5.75. The molecule has 0 atom stereocenters. The molecule has 9 rings (SSSR count). The highest BCUT2D eigenvalue weighted by Crippen LogP contribution is 2.36. The molecule has 5 aromatic carbocycles. The Labute approximate surface area is 295 Å². The molecule has 9 aromatic rings. The summed E-state index contributed by atoms with van der Waals surface area (Å²) in [5.41, 5.74) is 12.0. The van der Waals surface area contributed by atoms with Crippen LogP contribution in [-0.4, -0.2) is 29.3 Å². The van der Waals surface area contributed by atoms with Gasteiger partial charge in [0.15, 0.2) is 17.5 Å². The molecule has 0 fully saturated rings. The van der Waals surface area contributed by atoms with Crippen molar-refractivity contribution in [1.82, 2.24) is 29.3 Å². The third-order valence-electron chi connectivity index (χ3n) is 8.95. The molecule has 4 aromatic heterocycles. The van der Waals surface area contributed by atoms with E-state index in [1.165, 1.54) is 0 Å². The second kappa shape index (κ2) is 13.1. The standard InChI is InChI=1S/C45H30N6/c1-4-13-32(14-5-1)41-42(51-26-11-10-20-40(51)47-41)33-23-21-31(22-24-33)37-27-38(36-19-12-25-46-30-36)29-39(28-37)45-49-43(34-15-6-2-7-16-34)48-44(50-45)35-17-8-3-9-18-35/h1-30H. The predicted molar refractivity (Wildman–Crippen MR) is 204 cm³/mol. The molecule has 0 radical (unpaired) electrons. The number of fused-ring (bicyclic) bond motifs is 1. The van der Waals surface area contributed by atoms with Crippen LogP contribution in [0.15, 0.2) is 182 Å². The third kappa shape index (κ3) is 5.96. The quantitative estimate of drug-likeness (QED) is 0.171. The first-order valence-electron chi connectivity index (χ1n) is 16.8. The van der Waals surface area contributed by atoms with E-state index in [-0.39, 0.29) is 0 Å². The maximum atomic E-state index is 5.04. The van der Waals surface area contributed by atoms with Crippen molar-refractivity contribution in [2.75, 3.05) is 0 Å². The van der Waals surface area contributed by atoms with E-state index >= 15 is 0 Å². The number of imidazole rings is 1. The molecule has 0 aliphatic carbocycles. The first-order valence-corrected chi connectivity index (χ1v) is 16.8. The van der Waals surface area contributed by atoms with Gasteiger partial charge in [-0.3, -0.25) is 9.38 Å². The first kappa shape index (κ1) is 30.0. The van der Waals surface area contributed by atoms with Crippen molar-refractivity contribution in [2.45, 2.75) is 0 Å². The zero-order valence-corrected chi connectivity index (χ0v) is 27.5. The summed E-state index contributed by atoms with van der Waals surface area (Å²) in [5.74, 6) is 1.85. The Balaban J connectivity index is 1.19. The summed E-state index contributed by atoms with van der Waals surface area (Å²) < 4.78 is 2.16. The SMILES string of the molecule is c1ccc(-c2nc(-c3ccccc3)nc(-c3cc(-c4ccc(-c5c(-c6ccccc6)nc6ccccn56)cc4)cc(-c4cccnc4)c3)n2)cc1. The second-order valence-corrected chi connectivity index (χ2v) is 12.3. The Morgan fingerprint density at radius 1 is 0.353 bits per heavy atom. The molecule has 6 nitrogen and oxygen atoms in total. The van der Waals surface area contributed by atoms with Gasteiger partial charge in [0.1, 0.15) is 5.65 Å². The second-order valence-electron chi connectivity index (χ2n) is 12.3. The van der Waals surface area contributed by atoms with Crippen LogP contribution >= 0.6 is 0 Å². The van der Waals surface area contributed by atoms with E-state index in [1.807, 2.05) is 97.2 Å². The van der Waals surface area contributed by atoms with Crippen molar-refractivity contribution in [1.29, 1.82) is 0 Å². The normalized spacial score (nSPS) is 11.1. The minimum Gasteiger partial charge on any atom is -0.299 e. The molecule has 0 spiro atoms. The Kier molecular flexibility index (Phi) is 7.72. The van der Waals surface area contributed by atoms with E-state index < -0.39 is 0 Å². The molecule has 0 saturated heterocycles. The summed E-state index contributed by atoms with van der Waals surface area (Å²) in [4.78, 5) is 24.4. The number of nitrogens with zero attached hydrogens (tertiary/aromatic N) is 6. The van der Waals surface area contributed by atoms with Gasteiger partial charge < -0.3 is 0 Å². The van der Waals surface area contributed by atoms with Crippen molar-refractivity contribution in [2.24, 2.45) is 0 Å². The Hall–Kier alpha value is -7.05. The van der Waals surface area contributed by atoms with Gasteiger partial charge in [0.05, 0.1) is 11.4 Å². The summed E-state index contributed by atoms with van der Waals surface area (Å²) in [7, 11) is 0. The summed E-state index contributed by atoms with van der Waals surface area (Å²) in [6, 6.07) is 55.8. The van der Waals surface area contributed by atoms with Crippen LogP contribution in [0.25, 0.3) is 84.6 Å². The van der Waals surface area contributed by atoms with E-state index in [1.54, 1.807) is 6.20 Å². The molecular weight excluding hydrogens is 625 g/mol. The fraction of sp³-hybridized carbons (Fsp3) is 0. The van der Waals surface area contributed by atoms with Crippen LogP contribution in [0.1, 0.15) is 0 Å². The maximum Gasteiger partial charge on any atom is 0.164 e. The van der Waals surface area contributed by atoms with E-state index in [9.17, 15) is 0 Å². The van der Waals surface area contributed by atoms with Gasteiger partial charge >= 0.3 is 0 Å². The van der Waals surface area contributed by atoms with Gasteiger partial charge in [0, 0.05) is 52.0 Å². The van der Waals surface area contributed by atoms with E-state index in [0.717, 1.165) is 67.1 Å². The largest absolute Gasteiger partial charge is 0.299 e. The van der Waals surface area contributed by atoms with Crippen LogP contribution in [0.2, 0.25) is 0 Å². The molecule has 0 aliphatic heterocycles. The lowest BCUT2D eigenvalue weighted by atomic mass is 9.95. The van der Waals surface area contributed by atoms with Gasteiger partial charge in [0.2, 0.25) is 0 Å². The zero-order chi connectivity index (χ0) is 34.0. The zero-order valence-electron chi connectivity index (χ0n) is 27.5. The third-order valence-corrected chi connectivity index (χ3v) is 8.95. The van der Waals surface area contributed by atoms with Crippen LogP contribution < -0.4 is 0 Å². The number of hydrogen-bond acceptors (Lipinski definition) is 5. The van der Waals surface area contributed by atoms with Crippen molar-refractivity contribution in [3.8, 4) is 78.9 Å². The van der Waals surface area contributed by atoms with Crippen LogP contribution in [0.4, 0.5) is 0 Å². The average Bonchev–Trinajstić information content (AvgIpc) is 3.62. The topological polar surface area (TPSA) is 68.9 Å². The Morgan fingerprint density at radius 3 is 1.47 bits per heavy atom. The minimum absolute atomic E-state index is 0.601. The highest BCUT2D eigenvalue weighted by molar-refractivity contribution is 5.85. The van der Waals surface area contributed by atoms with Gasteiger partial charge in [-0.2, -0.15) is 0 Å². The fourth-order valence-corrected chi connectivity index (χ4v) is 6.45. The van der Waals surface area contributed by atoms with Crippen molar-refractivity contribution in [3.63, 3.8) is 0 Å². The number of rotatable bonds is 7. The highest BCUT2D eigenvalue weighted by atomic mass is 15.0. The summed E-state index contributed by atoms with van der Waals surface area (Å²) in [6.45, 7) is 0. The van der Waals surface area contributed by atoms with Gasteiger partial charge in [-0.05, 0) is 53.1 Å². The van der Waals surface area contributed by atoms with Crippen LogP contribution in [0.5, 0.6) is 0 Å². The summed E-state index contributed by atoms with van der Waals surface area (Å²) in [5, 5.41) is 0. The number of hydrogen-bond donors (Lipinski definition) is 0. The van der Waals surface area contributed by atoms with Crippen molar-refractivity contribution in [3.05, 3.63) is 182 Å². The predicted octanol–water partition coefficient (Wildman–Crippen LogP) is 10.6. The Bertz CT molecular complexity index is 2540. The maximum absolute atomic E-state index is 5.04. The van der Waals surface area contributed by atoms with Gasteiger partial charge in [0.25, 0.3) is 0 Å². The molecule has 0 N–H and O–H groups in total. The molecule has 6 heteroatoms. The lowest BCUT2D eigenvalue weighted by Gasteiger charge is -2.13. The Morgan fingerprint density at radius 2 is 0.863 bits per heavy atom. The molecule has 240 valence electrons. The van der Waals surface area contributed by atoms with Crippen LogP contribution in [0.3, 0.4) is 0 Å². The molecule has 0 unspecified atom stereocenters. The van der Waals surface area contributed by atoms with E-state index in [4.69, 9.17) is 19.9 Å². The van der Waals surface area contributed by atoms with Gasteiger partial charge in [-0.15, -0.1) is 0 Å². The molecule has 0 bridgehead atoms. The van der Waals surface area contributed by atoms with Crippen molar-refractivity contribution < 1.29 is 0 Å². The first-order chi connectivity index (χ1) is 25.3. The monoisotopic (exact) mass is 654 g/mol. The minimum atomic E-state index is 0.601. The van der Waals surface area contributed by atoms with Crippen LogP contribution in [-0.2, 0) is 0 Å². The molecule has 4 heterocycles. The molecular formula is C45H30N6. The lowest BCUT2D eigenvalue weighted by molar-refractivity contribution is 1.07. The number of aromatic nitrogens is 6. The van der Waals surface area contributed by atoms with E-state index in [2.05, 4.69) is 88.4 Å². The van der Waals surface area contributed by atoms with Crippen molar-refractivity contribution >= 4 is 5.65 Å². The van der Waals surface area contributed by atoms with E-state index in [0.29, 0.717) is 17.5 Å². The van der Waals surface area contributed by atoms with Gasteiger partial charge in [-0.1, -0.05) is 127 Å². The lowest BCUT2D eigenvalue weighted by Crippen LogP contribution is -2.00. The van der Waals surface area contributed by atoms with Gasteiger partial charge in [-0.25, -0.2) is 19.9 Å². The molecule has 0 amide bonds. The van der Waals surface area contributed by atoms with Crippen LogP contribution in [0, 0.1) is 0 Å². The number of benzene rings is 5. The average molecular weight is 655 g/mol. The fourth-order valence-electron chi connectivity index (χ4n) is 6.45.